The zero-order valence-electron chi connectivity index (χ0n) is 11.5. The van der Waals surface area contributed by atoms with Crippen LogP contribution in [0.4, 0.5) is 0 Å². The van der Waals surface area contributed by atoms with Crippen LogP contribution in [-0.2, 0) is 13.1 Å². The monoisotopic (exact) mass is 293 g/mol. The predicted octanol–water partition coefficient (Wildman–Crippen LogP) is 4.07. The van der Waals surface area contributed by atoms with Gasteiger partial charge in [-0.25, -0.2) is 4.98 Å². The molecule has 0 bridgehead atoms. The van der Waals surface area contributed by atoms with Crippen LogP contribution >= 0.6 is 11.3 Å². The van der Waals surface area contributed by atoms with E-state index in [-0.39, 0.29) is 0 Å². The molecular formula is C17H15N3S. The Balaban J connectivity index is 1.44. The summed E-state index contributed by atoms with van der Waals surface area (Å²) in [4.78, 5) is 7.90. The number of aromatic amines is 1. The number of rotatable bonds is 4. The minimum Gasteiger partial charge on any atom is -0.341 e. The van der Waals surface area contributed by atoms with E-state index in [4.69, 9.17) is 0 Å². The summed E-state index contributed by atoms with van der Waals surface area (Å²) in [5.41, 5.74) is 3.42. The van der Waals surface area contributed by atoms with Crippen molar-refractivity contribution in [1.82, 2.24) is 15.3 Å². The van der Waals surface area contributed by atoms with Crippen LogP contribution in [0.3, 0.4) is 0 Å². The van der Waals surface area contributed by atoms with Crippen molar-refractivity contribution in [2.75, 3.05) is 0 Å². The van der Waals surface area contributed by atoms with Crippen LogP contribution in [0.15, 0.2) is 53.9 Å². The van der Waals surface area contributed by atoms with Crippen LogP contribution in [-0.4, -0.2) is 9.97 Å². The highest BCUT2D eigenvalue weighted by atomic mass is 32.1. The van der Waals surface area contributed by atoms with Gasteiger partial charge in [0.1, 0.15) is 5.82 Å². The maximum atomic E-state index is 4.57. The molecule has 2 N–H and O–H groups in total. The molecule has 21 heavy (non-hydrogen) atoms. The Bertz CT molecular complexity index is 856. The Morgan fingerprint density at radius 3 is 2.95 bits per heavy atom. The van der Waals surface area contributed by atoms with E-state index >= 15 is 0 Å². The van der Waals surface area contributed by atoms with Gasteiger partial charge in [-0.3, -0.25) is 0 Å². The molecule has 4 aromatic rings. The number of fused-ring (bicyclic) bond motifs is 2. The molecule has 0 aliphatic rings. The molecule has 0 saturated heterocycles. The number of para-hydroxylation sites is 2. The fourth-order valence-electron chi connectivity index (χ4n) is 2.54. The molecule has 4 rings (SSSR count). The van der Waals surface area contributed by atoms with E-state index in [2.05, 4.69) is 51.0 Å². The number of hydrogen-bond donors (Lipinski definition) is 2. The van der Waals surface area contributed by atoms with Crippen molar-refractivity contribution in [2.45, 2.75) is 13.1 Å². The minimum absolute atomic E-state index is 0.746. The molecule has 4 heteroatoms. The number of nitrogens with zero attached hydrogens (tertiary/aromatic N) is 1. The number of thiophene rings is 1. The Hall–Kier alpha value is -2.17. The Labute approximate surface area is 126 Å². The summed E-state index contributed by atoms with van der Waals surface area (Å²) in [5.74, 6) is 0.979. The molecule has 2 aromatic heterocycles. The van der Waals surface area contributed by atoms with Gasteiger partial charge < -0.3 is 10.3 Å². The average Bonchev–Trinajstić information content (AvgIpc) is 3.12. The molecule has 0 aliphatic carbocycles. The first-order chi connectivity index (χ1) is 10.4. The highest BCUT2D eigenvalue weighted by molar-refractivity contribution is 7.17. The van der Waals surface area contributed by atoms with E-state index in [1.165, 1.54) is 15.6 Å². The summed E-state index contributed by atoms with van der Waals surface area (Å²) in [6.07, 6.45) is 0. The van der Waals surface area contributed by atoms with Crippen molar-refractivity contribution in [1.29, 1.82) is 0 Å². The normalized spacial score (nSPS) is 11.4. The van der Waals surface area contributed by atoms with E-state index in [9.17, 15) is 0 Å². The number of nitrogens with one attached hydrogen (secondary N) is 2. The lowest BCUT2D eigenvalue weighted by Crippen LogP contribution is -2.13. The van der Waals surface area contributed by atoms with Gasteiger partial charge in [0.15, 0.2) is 0 Å². The molecule has 104 valence electrons. The molecule has 0 fully saturated rings. The molecule has 2 aromatic carbocycles. The van der Waals surface area contributed by atoms with Crippen molar-refractivity contribution in [3.8, 4) is 0 Å². The van der Waals surface area contributed by atoms with E-state index in [1.54, 1.807) is 11.3 Å². The zero-order chi connectivity index (χ0) is 14.1. The highest BCUT2D eigenvalue weighted by Crippen LogP contribution is 2.21. The first-order valence-electron chi connectivity index (χ1n) is 6.99. The fraction of sp³-hybridized carbons (Fsp3) is 0.118. The second-order valence-electron chi connectivity index (χ2n) is 5.10. The molecule has 0 spiro atoms. The van der Waals surface area contributed by atoms with Gasteiger partial charge in [0.05, 0.1) is 17.6 Å². The lowest BCUT2D eigenvalue weighted by atomic mass is 10.2. The van der Waals surface area contributed by atoms with Gasteiger partial charge in [-0.05, 0) is 46.7 Å². The van der Waals surface area contributed by atoms with E-state index in [0.29, 0.717) is 0 Å². The molecule has 2 heterocycles. The number of aromatic nitrogens is 2. The van der Waals surface area contributed by atoms with Crippen molar-refractivity contribution >= 4 is 32.5 Å². The van der Waals surface area contributed by atoms with Gasteiger partial charge in [-0.1, -0.05) is 18.2 Å². The van der Waals surface area contributed by atoms with Gasteiger partial charge in [0.2, 0.25) is 0 Å². The SMILES string of the molecule is c1ccc2[nH]c(CNCc3ccc4sccc4c3)nc2c1. The third-order valence-electron chi connectivity index (χ3n) is 3.58. The first kappa shape index (κ1) is 12.6. The summed E-state index contributed by atoms with van der Waals surface area (Å²) >= 11 is 1.78. The zero-order valence-corrected chi connectivity index (χ0v) is 12.3. The Morgan fingerprint density at radius 2 is 2.00 bits per heavy atom. The van der Waals surface area contributed by atoms with Crippen molar-refractivity contribution in [3.05, 3.63) is 65.3 Å². The molecule has 0 saturated carbocycles. The van der Waals surface area contributed by atoms with Gasteiger partial charge >= 0.3 is 0 Å². The van der Waals surface area contributed by atoms with Gasteiger partial charge in [-0.2, -0.15) is 0 Å². The maximum absolute atomic E-state index is 4.57. The second-order valence-corrected chi connectivity index (χ2v) is 6.04. The Morgan fingerprint density at radius 1 is 1.05 bits per heavy atom. The van der Waals surface area contributed by atoms with Gasteiger partial charge in [0.25, 0.3) is 0 Å². The summed E-state index contributed by atoms with van der Waals surface area (Å²) in [6.45, 7) is 1.60. The number of H-pyrrole nitrogens is 1. The maximum Gasteiger partial charge on any atom is 0.121 e. The van der Waals surface area contributed by atoms with Crippen LogP contribution in [0.1, 0.15) is 11.4 Å². The number of benzene rings is 2. The van der Waals surface area contributed by atoms with E-state index < -0.39 is 0 Å². The summed E-state index contributed by atoms with van der Waals surface area (Å²) in [5, 5.41) is 6.90. The first-order valence-corrected chi connectivity index (χ1v) is 7.87. The lowest BCUT2D eigenvalue weighted by Gasteiger charge is -2.03. The molecule has 3 nitrogen and oxygen atoms in total. The van der Waals surface area contributed by atoms with Crippen LogP contribution in [0, 0.1) is 0 Å². The Kier molecular flexibility index (Phi) is 3.18. The topological polar surface area (TPSA) is 40.7 Å². The molecule has 0 aliphatic heterocycles. The largest absolute Gasteiger partial charge is 0.341 e. The molecular weight excluding hydrogens is 278 g/mol. The summed E-state index contributed by atoms with van der Waals surface area (Å²) in [6, 6.07) is 16.9. The van der Waals surface area contributed by atoms with E-state index in [1.807, 2.05) is 18.2 Å². The van der Waals surface area contributed by atoms with Crippen LogP contribution in [0.25, 0.3) is 21.1 Å². The molecule has 0 atom stereocenters. The smallest absolute Gasteiger partial charge is 0.121 e. The van der Waals surface area contributed by atoms with E-state index in [0.717, 1.165) is 29.9 Å². The predicted molar refractivity (Wildman–Crippen MR) is 88.5 cm³/mol. The summed E-state index contributed by atoms with van der Waals surface area (Å²) in [7, 11) is 0. The third-order valence-corrected chi connectivity index (χ3v) is 4.47. The summed E-state index contributed by atoms with van der Waals surface area (Å²) < 4.78 is 1.34. The second kappa shape index (κ2) is 5.31. The average molecular weight is 293 g/mol. The molecule has 0 amide bonds. The van der Waals surface area contributed by atoms with Crippen LogP contribution < -0.4 is 5.32 Å². The third kappa shape index (κ3) is 2.55. The standard InChI is InChI=1S/C17H15N3S/c1-2-4-15-14(3-1)19-17(20-15)11-18-10-12-5-6-16-13(9-12)7-8-21-16/h1-9,18H,10-11H2,(H,19,20). The lowest BCUT2D eigenvalue weighted by molar-refractivity contribution is 0.671. The van der Waals surface area contributed by atoms with Crippen molar-refractivity contribution in [2.24, 2.45) is 0 Å². The van der Waals surface area contributed by atoms with Gasteiger partial charge in [0, 0.05) is 11.2 Å². The van der Waals surface area contributed by atoms with Crippen molar-refractivity contribution in [3.63, 3.8) is 0 Å². The fourth-order valence-corrected chi connectivity index (χ4v) is 3.31. The molecule has 0 unspecified atom stereocenters. The van der Waals surface area contributed by atoms with Crippen LogP contribution in [0.5, 0.6) is 0 Å². The molecule has 0 radical (unpaired) electrons. The number of hydrogen-bond acceptors (Lipinski definition) is 3. The van der Waals surface area contributed by atoms with Crippen LogP contribution in [0.2, 0.25) is 0 Å². The minimum atomic E-state index is 0.746. The van der Waals surface area contributed by atoms with Crippen molar-refractivity contribution < 1.29 is 0 Å². The highest BCUT2D eigenvalue weighted by Gasteiger charge is 2.02. The quantitative estimate of drug-likeness (QED) is 0.595. The number of imidazole rings is 1. The van der Waals surface area contributed by atoms with Gasteiger partial charge in [-0.15, -0.1) is 11.3 Å².